The van der Waals surface area contributed by atoms with E-state index in [0.717, 1.165) is 0 Å². The lowest BCUT2D eigenvalue weighted by Gasteiger charge is -2.25. The minimum absolute atomic E-state index is 0.0544. The highest BCUT2D eigenvalue weighted by Crippen LogP contribution is 2.43. The van der Waals surface area contributed by atoms with Crippen molar-refractivity contribution in [3.05, 3.63) is 12.2 Å². The van der Waals surface area contributed by atoms with Crippen molar-refractivity contribution >= 4 is 30.5 Å². The molecule has 2 aromatic heterocycles. The summed E-state index contributed by atoms with van der Waals surface area (Å²) >= 11 is 0. The number of fused-ring (bicyclic) bond motifs is 1. The Kier molecular flexibility index (Phi) is 6.74. The van der Waals surface area contributed by atoms with Crippen molar-refractivity contribution < 1.29 is 43.6 Å². The zero-order valence-corrected chi connectivity index (χ0v) is 18.7. The third-order valence-electron chi connectivity index (χ3n) is 4.49. The van der Waals surface area contributed by atoms with Gasteiger partial charge >= 0.3 is 13.6 Å². The number of hydrogen-bond acceptors (Lipinski definition) is 12. The van der Waals surface area contributed by atoms with Crippen molar-refractivity contribution in [1.29, 1.82) is 5.26 Å². The van der Waals surface area contributed by atoms with E-state index in [1.54, 1.807) is 6.07 Å². The van der Waals surface area contributed by atoms with E-state index in [1.807, 2.05) is 0 Å². The summed E-state index contributed by atoms with van der Waals surface area (Å²) in [5.74, 6) is -3.89. The molecule has 5 atom stereocenters. The zero-order chi connectivity index (χ0) is 24.7. The lowest BCUT2D eigenvalue weighted by atomic mass is 10.1. The maximum Gasteiger partial charge on any atom is 0.365 e. The highest BCUT2D eigenvalue weighted by molar-refractivity contribution is 7.53. The van der Waals surface area contributed by atoms with E-state index in [1.165, 1.54) is 31.7 Å². The smallest absolute Gasteiger partial charge is 0.365 e. The lowest BCUT2D eigenvalue weighted by molar-refractivity contribution is -0.166. The fourth-order valence-electron chi connectivity index (χ4n) is 3.11. The minimum atomic E-state index is -5.09. The van der Waals surface area contributed by atoms with Gasteiger partial charge in [-0.3, -0.25) is 9.13 Å². The van der Waals surface area contributed by atoms with Gasteiger partial charge in [-0.1, -0.05) is 0 Å². The van der Waals surface area contributed by atoms with Crippen LogP contribution in [0.15, 0.2) is 6.33 Å². The van der Waals surface area contributed by atoms with E-state index < -0.39 is 56.2 Å². The number of nitrogen functional groups attached to an aromatic ring is 1. The normalized spacial score (nSPS) is 24.5. The molecule has 0 unspecified atom stereocenters. The second-order valence-corrected chi connectivity index (χ2v) is 9.87. The summed E-state index contributed by atoms with van der Waals surface area (Å²) in [6, 6.07) is 1.74. The summed E-state index contributed by atoms with van der Waals surface area (Å²) in [5.41, 5.74) is 4.91. The monoisotopic (exact) mass is 486 g/mol. The Bertz CT molecular complexity index is 1140. The van der Waals surface area contributed by atoms with Gasteiger partial charge in [0.15, 0.2) is 17.7 Å². The third kappa shape index (κ3) is 5.28. The third-order valence-corrected chi connectivity index (χ3v) is 5.46. The summed E-state index contributed by atoms with van der Waals surface area (Å²) < 4.78 is 28.6. The number of nitrogens with two attached hydrogens (primary N) is 1. The molecule has 6 N–H and O–H groups in total. The maximum absolute atomic E-state index is 12.2. The first-order valence-electron chi connectivity index (χ1n) is 9.54. The molecule has 0 aliphatic carbocycles. The maximum atomic E-state index is 12.2. The van der Waals surface area contributed by atoms with Crippen LogP contribution >= 0.6 is 7.60 Å². The van der Waals surface area contributed by atoms with Gasteiger partial charge in [-0.2, -0.15) is 15.2 Å². The van der Waals surface area contributed by atoms with E-state index in [9.17, 15) is 29.4 Å². The summed E-state index contributed by atoms with van der Waals surface area (Å²) in [7, 11) is -5.09. The van der Waals surface area contributed by atoms with E-state index in [0.29, 0.717) is 0 Å². The molecule has 33 heavy (non-hydrogen) atoms. The van der Waals surface area contributed by atoms with Crippen molar-refractivity contribution in [2.45, 2.75) is 56.8 Å². The molecule has 1 fully saturated rings. The standard InChI is InChI=1S/C17H23N6O9P/c1-17(2,3)32-15(26)16(33(27,28)29)30-5-7-10(24)11(25)14(31-7)23-6-20-9-12(19)21-8(4-18)22-13(9)23/h6-7,10-11,14,16,24-25H,5H2,1-3H3,(H2,19,21,22)(H2,27,28,29)/t7-,10+,11-,14-,16-/m1/s1. The quantitative estimate of drug-likeness (QED) is 0.237. The van der Waals surface area contributed by atoms with Gasteiger partial charge in [0, 0.05) is 0 Å². The van der Waals surface area contributed by atoms with Crippen LogP contribution in [0.4, 0.5) is 5.82 Å². The first-order valence-corrected chi connectivity index (χ1v) is 11.2. The molecule has 15 nitrogen and oxygen atoms in total. The number of rotatable bonds is 6. The van der Waals surface area contributed by atoms with Gasteiger partial charge in [-0.15, -0.1) is 0 Å². The molecule has 3 heterocycles. The van der Waals surface area contributed by atoms with Gasteiger partial charge in [-0.05, 0) is 20.8 Å². The average molecular weight is 486 g/mol. The van der Waals surface area contributed by atoms with Crippen LogP contribution in [0.5, 0.6) is 0 Å². The first-order chi connectivity index (χ1) is 15.2. The molecule has 1 aliphatic heterocycles. The highest BCUT2D eigenvalue weighted by Gasteiger charge is 2.47. The minimum Gasteiger partial charge on any atom is -0.458 e. The molecule has 3 rings (SSSR count). The van der Waals surface area contributed by atoms with Gasteiger partial charge < -0.3 is 39.9 Å². The van der Waals surface area contributed by atoms with Crippen LogP contribution in [0, 0.1) is 11.3 Å². The fourth-order valence-corrected chi connectivity index (χ4v) is 3.72. The van der Waals surface area contributed by atoms with E-state index in [4.69, 9.17) is 25.2 Å². The van der Waals surface area contributed by atoms with Crippen LogP contribution in [-0.4, -0.2) is 81.9 Å². The van der Waals surface area contributed by atoms with Gasteiger partial charge in [0.25, 0.3) is 5.85 Å². The Morgan fingerprint density at radius 1 is 1.36 bits per heavy atom. The Labute approximate surface area is 186 Å². The van der Waals surface area contributed by atoms with Gasteiger partial charge in [0.1, 0.15) is 35.5 Å². The van der Waals surface area contributed by atoms with Crippen LogP contribution < -0.4 is 5.73 Å². The summed E-state index contributed by atoms with van der Waals surface area (Å²) in [5, 5.41) is 29.9. The van der Waals surface area contributed by atoms with Crippen molar-refractivity contribution in [2.24, 2.45) is 0 Å². The number of imidazole rings is 1. The number of anilines is 1. The number of nitriles is 1. The largest absolute Gasteiger partial charge is 0.458 e. The number of hydrogen-bond donors (Lipinski definition) is 5. The fraction of sp³-hybridized carbons (Fsp3) is 0.588. The van der Waals surface area contributed by atoms with Gasteiger partial charge in [0.2, 0.25) is 5.82 Å². The number of aliphatic hydroxyl groups is 2. The molecule has 0 aromatic carbocycles. The molecule has 1 saturated heterocycles. The summed E-state index contributed by atoms with van der Waals surface area (Å²) in [6.45, 7) is 3.86. The predicted molar refractivity (Wildman–Crippen MR) is 108 cm³/mol. The topological polar surface area (TPSA) is 236 Å². The molecule has 0 radical (unpaired) electrons. The molecular formula is C17H23N6O9P. The number of aliphatic hydroxyl groups excluding tert-OH is 2. The van der Waals surface area contributed by atoms with E-state index in [2.05, 4.69) is 15.0 Å². The highest BCUT2D eigenvalue weighted by atomic mass is 31.2. The Morgan fingerprint density at radius 3 is 2.61 bits per heavy atom. The molecule has 0 spiro atoms. The predicted octanol–water partition coefficient (Wildman–Crippen LogP) is -1.24. The van der Waals surface area contributed by atoms with Crippen LogP contribution in [0.1, 0.15) is 32.8 Å². The number of aromatic nitrogens is 4. The molecule has 0 saturated carbocycles. The van der Waals surface area contributed by atoms with Crippen LogP contribution in [-0.2, 0) is 23.6 Å². The molecule has 0 bridgehead atoms. The van der Waals surface area contributed by atoms with Crippen LogP contribution in [0.3, 0.4) is 0 Å². The first kappa shape index (κ1) is 24.9. The number of carbonyl (C=O) groups is 1. The van der Waals surface area contributed by atoms with E-state index in [-0.39, 0.29) is 22.8 Å². The Hall–Kier alpha value is -2.70. The molecular weight excluding hydrogens is 463 g/mol. The average Bonchev–Trinajstić information content (AvgIpc) is 3.22. The summed E-state index contributed by atoms with van der Waals surface area (Å²) in [6.07, 6.45) is -4.48. The number of ether oxygens (including phenoxy) is 3. The molecule has 1 aliphatic rings. The van der Waals surface area contributed by atoms with Gasteiger partial charge in [-0.25, -0.2) is 9.78 Å². The Morgan fingerprint density at radius 2 is 2.03 bits per heavy atom. The number of esters is 1. The second-order valence-electron chi connectivity index (χ2n) is 8.22. The molecule has 0 amide bonds. The van der Waals surface area contributed by atoms with Crippen molar-refractivity contribution in [1.82, 2.24) is 19.5 Å². The zero-order valence-electron chi connectivity index (χ0n) is 17.8. The van der Waals surface area contributed by atoms with Crippen molar-refractivity contribution in [3.63, 3.8) is 0 Å². The number of nitrogens with zero attached hydrogens (tertiary/aromatic N) is 5. The van der Waals surface area contributed by atoms with Crippen LogP contribution in [0.25, 0.3) is 11.2 Å². The SMILES string of the molecule is CC(C)(C)OC(=O)[C@H](OC[C@H]1O[C@@H](n2cnc3c(N)nc(C#N)nc32)[C@H](O)[C@H]1O)P(=O)(O)O. The van der Waals surface area contributed by atoms with E-state index >= 15 is 0 Å². The second kappa shape index (κ2) is 8.92. The molecule has 16 heteroatoms. The van der Waals surface area contributed by atoms with Crippen LogP contribution in [0.2, 0.25) is 0 Å². The lowest BCUT2D eigenvalue weighted by Crippen LogP contribution is -2.38. The van der Waals surface area contributed by atoms with Crippen molar-refractivity contribution in [2.75, 3.05) is 12.3 Å². The summed E-state index contributed by atoms with van der Waals surface area (Å²) in [4.78, 5) is 43.0. The Balaban J connectivity index is 1.80. The van der Waals surface area contributed by atoms with Crippen molar-refractivity contribution in [3.8, 4) is 6.07 Å². The van der Waals surface area contributed by atoms with Gasteiger partial charge in [0.05, 0.1) is 12.9 Å². The molecule has 2 aromatic rings. The molecule has 180 valence electrons. The number of carbonyl (C=O) groups excluding carboxylic acids is 1.